The van der Waals surface area contributed by atoms with Crippen molar-refractivity contribution in [1.29, 1.82) is 0 Å². The first-order chi connectivity index (χ1) is 6.86. The van der Waals surface area contributed by atoms with E-state index in [1.807, 2.05) is 13.8 Å². The third kappa shape index (κ3) is 7.04. The van der Waals surface area contributed by atoms with Gasteiger partial charge in [0.15, 0.2) is 0 Å². The van der Waals surface area contributed by atoms with Crippen molar-refractivity contribution in [3.8, 4) is 0 Å². The first-order valence-corrected chi connectivity index (χ1v) is 5.49. The maximum atomic E-state index is 10.3. The number of piperidine rings is 1. The predicted octanol–water partition coefficient (Wildman–Crippen LogP) is 1.55. The summed E-state index contributed by atoms with van der Waals surface area (Å²) in [5.74, 6) is 0.350. The lowest BCUT2D eigenvalue weighted by molar-refractivity contribution is -0.112. The van der Waals surface area contributed by atoms with E-state index in [4.69, 9.17) is 5.11 Å². The van der Waals surface area contributed by atoms with Gasteiger partial charge in [0.2, 0.25) is 0 Å². The maximum Gasteiger partial charge on any atom is 0.123 e. The van der Waals surface area contributed by atoms with Gasteiger partial charge in [-0.1, -0.05) is 20.8 Å². The summed E-state index contributed by atoms with van der Waals surface area (Å²) in [4.78, 5) is 12.7. The lowest BCUT2D eigenvalue weighted by atomic mass is 9.99. The quantitative estimate of drug-likeness (QED) is 0.692. The van der Waals surface area contributed by atoms with Gasteiger partial charge in [0.25, 0.3) is 0 Å². The van der Waals surface area contributed by atoms with Gasteiger partial charge in [-0.15, -0.1) is 0 Å². The zero-order valence-corrected chi connectivity index (χ0v) is 9.99. The molecular formula is C11H25NO2. The van der Waals surface area contributed by atoms with Crippen molar-refractivity contribution in [3.63, 3.8) is 0 Å². The molecule has 0 aliphatic carbocycles. The molecule has 0 aromatic heterocycles. The Bertz CT molecular complexity index is 110. The van der Waals surface area contributed by atoms with Crippen LogP contribution in [0.15, 0.2) is 0 Å². The number of likely N-dealkylation sites (tertiary alicyclic amines) is 1. The van der Waals surface area contributed by atoms with Gasteiger partial charge in [0, 0.05) is 13.0 Å². The van der Waals surface area contributed by atoms with Gasteiger partial charge < -0.3 is 14.8 Å². The van der Waals surface area contributed by atoms with E-state index in [1.54, 1.807) is 0 Å². The van der Waals surface area contributed by atoms with E-state index in [9.17, 15) is 4.79 Å². The van der Waals surface area contributed by atoms with Crippen LogP contribution in [-0.2, 0) is 4.79 Å². The molecule has 1 rings (SSSR count). The van der Waals surface area contributed by atoms with Crippen LogP contribution in [0.1, 0.15) is 33.6 Å². The summed E-state index contributed by atoms with van der Waals surface area (Å²) in [7, 11) is 1.00. The normalized spacial score (nSPS) is 17.2. The molecule has 0 spiro atoms. The summed E-state index contributed by atoms with van der Waals surface area (Å²) < 4.78 is 0. The third-order valence-corrected chi connectivity index (χ3v) is 2.27. The Morgan fingerprint density at radius 3 is 2.00 bits per heavy atom. The average Bonchev–Trinajstić information content (AvgIpc) is 2.34. The van der Waals surface area contributed by atoms with Crippen LogP contribution in [-0.4, -0.2) is 43.0 Å². The number of aldehydes is 1. The van der Waals surface area contributed by atoms with Crippen molar-refractivity contribution >= 4 is 6.29 Å². The predicted molar refractivity (Wildman–Crippen MR) is 60.4 cm³/mol. The standard InChI is InChI=1S/C8H15NO.C2H6.CH4O/c1-2-9-5-3-8(7-10)4-6-9;2*1-2/h7-8H,2-6H2,1H3;1-2H3;2H,1H3. The van der Waals surface area contributed by atoms with E-state index >= 15 is 0 Å². The molecule has 0 aromatic carbocycles. The molecule has 3 heteroatoms. The third-order valence-electron chi connectivity index (χ3n) is 2.27. The minimum atomic E-state index is 0.350. The molecule has 86 valence electrons. The molecule has 0 unspecified atom stereocenters. The van der Waals surface area contributed by atoms with Gasteiger partial charge in [-0.05, 0) is 32.5 Å². The maximum absolute atomic E-state index is 10.3. The van der Waals surface area contributed by atoms with Crippen molar-refractivity contribution in [2.45, 2.75) is 33.6 Å². The topological polar surface area (TPSA) is 40.5 Å². The molecule has 1 fully saturated rings. The zero-order valence-electron chi connectivity index (χ0n) is 9.99. The Morgan fingerprint density at radius 1 is 1.29 bits per heavy atom. The average molecular weight is 203 g/mol. The highest BCUT2D eigenvalue weighted by Crippen LogP contribution is 2.13. The van der Waals surface area contributed by atoms with Crippen LogP contribution in [0.4, 0.5) is 0 Å². The van der Waals surface area contributed by atoms with Gasteiger partial charge >= 0.3 is 0 Å². The SMILES string of the molecule is CC.CCN1CCC(C=O)CC1.CO. The summed E-state index contributed by atoms with van der Waals surface area (Å²) in [5.41, 5.74) is 0. The first kappa shape index (κ1) is 16.0. The number of aliphatic hydroxyl groups excluding tert-OH is 1. The van der Waals surface area contributed by atoms with E-state index in [-0.39, 0.29) is 0 Å². The largest absolute Gasteiger partial charge is 0.400 e. The second-order valence-corrected chi connectivity index (χ2v) is 2.91. The van der Waals surface area contributed by atoms with E-state index in [1.165, 1.54) is 0 Å². The van der Waals surface area contributed by atoms with Gasteiger partial charge in [0.1, 0.15) is 6.29 Å². The van der Waals surface area contributed by atoms with Crippen LogP contribution in [0.25, 0.3) is 0 Å². The molecule has 1 N–H and O–H groups in total. The molecular weight excluding hydrogens is 178 g/mol. The summed E-state index contributed by atoms with van der Waals surface area (Å²) in [6, 6.07) is 0. The monoisotopic (exact) mass is 203 g/mol. The number of nitrogens with zero attached hydrogens (tertiary/aromatic N) is 1. The van der Waals surface area contributed by atoms with Crippen LogP contribution in [0.3, 0.4) is 0 Å². The second-order valence-electron chi connectivity index (χ2n) is 2.91. The lowest BCUT2D eigenvalue weighted by Crippen LogP contribution is -2.33. The highest BCUT2D eigenvalue weighted by atomic mass is 16.2. The fourth-order valence-corrected chi connectivity index (χ4v) is 1.41. The van der Waals surface area contributed by atoms with Gasteiger partial charge in [-0.2, -0.15) is 0 Å². The van der Waals surface area contributed by atoms with E-state index in [0.717, 1.165) is 45.9 Å². The fourth-order valence-electron chi connectivity index (χ4n) is 1.41. The number of aliphatic hydroxyl groups is 1. The molecule has 1 aliphatic rings. The summed E-state index contributed by atoms with van der Waals surface area (Å²) in [5, 5.41) is 7.00. The van der Waals surface area contributed by atoms with Crippen molar-refractivity contribution in [2.75, 3.05) is 26.7 Å². The molecule has 1 aliphatic heterocycles. The Kier molecular flexibility index (Phi) is 14.4. The van der Waals surface area contributed by atoms with Crippen LogP contribution in [0.5, 0.6) is 0 Å². The molecule has 3 nitrogen and oxygen atoms in total. The molecule has 14 heavy (non-hydrogen) atoms. The van der Waals surface area contributed by atoms with Gasteiger partial charge in [0.05, 0.1) is 0 Å². The Morgan fingerprint density at radius 2 is 1.71 bits per heavy atom. The van der Waals surface area contributed by atoms with Crippen molar-refractivity contribution in [2.24, 2.45) is 5.92 Å². The van der Waals surface area contributed by atoms with Crippen LogP contribution in [0.2, 0.25) is 0 Å². The minimum Gasteiger partial charge on any atom is -0.400 e. The number of hydrogen-bond acceptors (Lipinski definition) is 3. The lowest BCUT2D eigenvalue weighted by Gasteiger charge is -2.27. The Balaban J connectivity index is 0. The Labute approximate surface area is 88.1 Å². The summed E-state index contributed by atoms with van der Waals surface area (Å²) in [6.45, 7) is 9.52. The zero-order chi connectivity index (χ0) is 11.4. The smallest absolute Gasteiger partial charge is 0.123 e. The van der Waals surface area contributed by atoms with Crippen molar-refractivity contribution < 1.29 is 9.90 Å². The molecule has 1 heterocycles. The molecule has 0 radical (unpaired) electrons. The molecule has 0 atom stereocenters. The highest BCUT2D eigenvalue weighted by molar-refractivity contribution is 5.53. The number of rotatable bonds is 2. The molecule has 0 aromatic rings. The molecule has 0 bridgehead atoms. The summed E-state index contributed by atoms with van der Waals surface area (Å²) >= 11 is 0. The van der Waals surface area contributed by atoms with E-state index < -0.39 is 0 Å². The molecule has 0 amide bonds. The number of carbonyl (C=O) groups excluding carboxylic acids is 1. The van der Waals surface area contributed by atoms with E-state index in [0.29, 0.717) is 5.92 Å². The number of hydrogen-bond donors (Lipinski definition) is 1. The first-order valence-electron chi connectivity index (χ1n) is 5.49. The van der Waals surface area contributed by atoms with Gasteiger partial charge in [-0.25, -0.2) is 0 Å². The van der Waals surface area contributed by atoms with E-state index in [2.05, 4.69) is 11.8 Å². The number of carbonyl (C=O) groups is 1. The van der Waals surface area contributed by atoms with Crippen molar-refractivity contribution in [3.05, 3.63) is 0 Å². The summed E-state index contributed by atoms with van der Waals surface area (Å²) in [6.07, 6.45) is 3.24. The van der Waals surface area contributed by atoms with Crippen LogP contribution >= 0.6 is 0 Å². The van der Waals surface area contributed by atoms with Crippen LogP contribution < -0.4 is 0 Å². The molecule has 0 saturated carbocycles. The minimum absolute atomic E-state index is 0.350. The second kappa shape index (κ2) is 12.6. The molecule has 1 saturated heterocycles. The Hall–Kier alpha value is -0.410. The highest BCUT2D eigenvalue weighted by Gasteiger charge is 2.16. The van der Waals surface area contributed by atoms with Crippen LogP contribution in [0, 0.1) is 5.92 Å². The fraction of sp³-hybridized carbons (Fsp3) is 0.909. The van der Waals surface area contributed by atoms with Gasteiger partial charge in [-0.3, -0.25) is 0 Å². The van der Waals surface area contributed by atoms with Crippen molar-refractivity contribution in [1.82, 2.24) is 4.90 Å².